The molecule has 1 fully saturated rings. The summed E-state index contributed by atoms with van der Waals surface area (Å²) in [4.78, 5) is 26.3. The second-order valence-corrected chi connectivity index (χ2v) is 9.02. The highest BCUT2D eigenvalue weighted by Crippen LogP contribution is 2.25. The number of amides is 1. The van der Waals surface area contributed by atoms with E-state index in [4.69, 9.17) is 16.3 Å². The minimum Gasteiger partial charge on any atom is -0.466 e. The van der Waals surface area contributed by atoms with Crippen molar-refractivity contribution in [3.05, 3.63) is 59.1 Å². The van der Waals surface area contributed by atoms with E-state index in [0.29, 0.717) is 32.5 Å². The smallest absolute Gasteiger partial charge is 0.309 e. The van der Waals surface area contributed by atoms with Gasteiger partial charge in [0.25, 0.3) is 15.9 Å². The van der Waals surface area contributed by atoms with Crippen LogP contribution >= 0.6 is 11.6 Å². The molecule has 2 aromatic carbocycles. The number of hydrogen-bond donors (Lipinski definition) is 1. The van der Waals surface area contributed by atoms with Crippen LogP contribution < -0.4 is 4.72 Å². The van der Waals surface area contributed by atoms with Crippen molar-refractivity contribution >= 4 is 39.2 Å². The molecule has 0 bridgehead atoms. The van der Waals surface area contributed by atoms with E-state index in [0.717, 1.165) is 0 Å². The summed E-state index contributed by atoms with van der Waals surface area (Å²) in [7, 11) is -3.92. The highest BCUT2D eigenvalue weighted by atomic mass is 35.5. The van der Waals surface area contributed by atoms with Crippen LogP contribution in [0.4, 0.5) is 5.69 Å². The maximum Gasteiger partial charge on any atom is 0.309 e. The Balaban J connectivity index is 1.71. The molecule has 1 amide bonds. The fraction of sp³-hybridized carbons (Fsp3) is 0.333. The molecule has 1 aliphatic heterocycles. The number of ether oxygens (including phenoxy) is 1. The van der Waals surface area contributed by atoms with Gasteiger partial charge in [-0.15, -0.1) is 0 Å². The quantitative estimate of drug-likeness (QED) is 0.679. The zero-order valence-electron chi connectivity index (χ0n) is 16.5. The standard InChI is InChI=1S/C21H23ClN2O5S/c1-2-29-21(26)15-10-12-24(13-11-15)20(25)16-6-5-7-17(14-16)30(27,28)23-19-9-4-3-8-18(19)22/h3-9,14-15,23H,2,10-13H2,1H3. The Morgan fingerprint density at radius 2 is 1.83 bits per heavy atom. The van der Waals surface area contributed by atoms with Crippen molar-refractivity contribution in [2.45, 2.75) is 24.7 Å². The van der Waals surface area contributed by atoms with Crippen molar-refractivity contribution in [2.75, 3.05) is 24.4 Å². The van der Waals surface area contributed by atoms with Crippen LogP contribution in [0.25, 0.3) is 0 Å². The van der Waals surface area contributed by atoms with E-state index in [1.807, 2.05) is 0 Å². The van der Waals surface area contributed by atoms with Crippen molar-refractivity contribution in [1.82, 2.24) is 4.90 Å². The molecule has 1 aliphatic rings. The monoisotopic (exact) mass is 450 g/mol. The zero-order chi connectivity index (χ0) is 21.7. The Morgan fingerprint density at radius 3 is 2.50 bits per heavy atom. The van der Waals surface area contributed by atoms with Gasteiger partial charge in [0.1, 0.15) is 0 Å². The predicted molar refractivity (Wildman–Crippen MR) is 114 cm³/mol. The van der Waals surface area contributed by atoms with Crippen LogP contribution in [0.2, 0.25) is 5.02 Å². The molecule has 7 nitrogen and oxygen atoms in total. The van der Waals surface area contributed by atoms with Gasteiger partial charge in [-0.3, -0.25) is 14.3 Å². The van der Waals surface area contributed by atoms with Crippen molar-refractivity contribution in [3.63, 3.8) is 0 Å². The Hall–Kier alpha value is -2.58. The number of benzene rings is 2. The summed E-state index contributed by atoms with van der Waals surface area (Å²) in [6.07, 6.45) is 1.05. The fourth-order valence-corrected chi connectivity index (χ4v) is 4.67. The number of halogens is 1. The number of likely N-dealkylation sites (tertiary alicyclic amines) is 1. The maximum atomic E-state index is 12.9. The first-order valence-electron chi connectivity index (χ1n) is 9.65. The number of hydrogen-bond acceptors (Lipinski definition) is 5. The van der Waals surface area contributed by atoms with Gasteiger partial charge in [0.2, 0.25) is 0 Å². The van der Waals surface area contributed by atoms with Gasteiger partial charge in [0, 0.05) is 18.7 Å². The van der Waals surface area contributed by atoms with Crippen molar-refractivity contribution in [1.29, 1.82) is 0 Å². The van der Waals surface area contributed by atoms with Crippen LogP contribution in [0.1, 0.15) is 30.1 Å². The SMILES string of the molecule is CCOC(=O)C1CCN(C(=O)c2cccc(S(=O)(=O)Nc3ccccc3Cl)c2)CC1. The predicted octanol–water partition coefficient (Wildman–Crippen LogP) is 3.56. The molecule has 30 heavy (non-hydrogen) atoms. The molecule has 0 spiro atoms. The molecule has 2 aromatic rings. The molecule has 0 saturated carbocycles. The molecule has 0 atom stereocenters. The lowest BCUT2D eigenvalue weighted by Gasteiger charge is -2.31. The van der Waals surface area contributed by atoms with Gasteiger partial charge >= 0.3 is 5.97 Å². The number of rotatable bonds is 6. The first kappa shape index (κ1) is 22.1. The lowest BCUT2D eigenvalue weighted by molar-refractivity contribution is -0.149. The van der Waals surface area contributed by atoms with Crippen LogP contribution in [-0.4, -0.2) is 44.9 Å². The highest BCUT2D eigenvalue weighted by molar-refractivity contribution is 7.92. The lowest BCUT2D eigenvalue weighted by Crippen LogP contribution is -2.40. The average molecular weight is 451 g/mol. The largest absolute Gasteiger partial charge is 0.466 e. The van der Waals surface area contributed by atoms with Crippen LogP contribution in [0.5, 0.6) is 0 Å². The third kappa shape index (κ3) is 5.12. The summed E-state index contributed by atoms with van der Waals surface area (Å²) in [5, 5.41) is 0.276. The summed E-state index contributed by atoms with van der Waals surface area (Å²) in [5.41, 5.74) is 0.531. The molecular weight excluding hydrogens is 428 g/mol. The van der Waals surface area contributed by atoms with Gasteiger partial charge in [-0.1, -0.05) is 29.8 Å². The Labute approximate surface area is 181 Å². The number of esters is 1. The Kier molecular flexibility index (Phi) is 6.99. The average Bonchev–Trinajstić information content (AvgIpc) is 2.75. The normalized spacial score (nSPS) is 14.9. The van der Waals surface area contributed by atoms with Gasteiger partial charge in [-0.25, -0.2) is 8.42 Å². The molecule has 0 aliphatic carbocycles. The minimum atomic E-state index is -3.92. The van der Waals surface area contributed by atoms with E-state index in [1.165, 1.54) is 18.2 Å². The van der Waals surface area contributed by atoms with E-state index in [1.54, 1.807) is 42.2 Å². The summed E-state index contributed by atoms with van der Waals surface area (Å²) < 4.78 is 33.0. The number of para-hydroxylation sites is 1. The molecule has 0 radical (unpaired) electrons. The molecule has 9 heteroatoms. The summed E-state index contributed by atoms with van der Waals surface area (Å²) in [6.45, 7) is 2.92. The van der Waals surface area contributed by atoms with Crippen LogP contribution in [0.3, 0.4) is 0 Å². The number of anilines is 1. The van der Waals surface area contributed by atoms with E-state index in [9.17, 15) is 18.0 Å². The van der Waals surface area contributed by atoms with Crippen LogP contribution in [0, 0.1) is 5.92 Å². The molecule has 1 saturated heterocycles. The topological polar surface area (TPSA) is 92.8 Å². The summed E-state index contributed by atoms with van der Waals surface area (Å²) >= 11 is 6.03. The van der Waals surface area contributed by atoms with Crippen molar-refractivity contribution < 1.29 is 22.7 Å². The number of carbonyl (C=O) groups is 2. The first-order valence-corrected chi connectivity index (χ1v) is 11.5. The van der Waals surface area contributed by atoms with Gasteiger partial charge in [0.15, 0.2) is 0 Å². The maximum absolute atomic E-state index is 12.9. The number of piperidine rings is 1. The summed E-state index contributed by atoms with van der Waals surface area (Å²) in [6, 6.07) is 12.4. The molecule has 0 unspecified atom stereocenters. The number of sulfonamides is 1. The van der Waals surface area contributed by atoms with Crippen LogP contribution in [0.15, 0.2) is 53.4 Å². The highest BCUT2D eigenvalue weighted by Gasteiger charge is 2.29. The van der Waals surface area contributed by atoms with E-state index in [2.05, 4.69) is 4.72 Å². The molecular formula is C21H23ClN2O5S. The third-order valence-corrected chi connectivity index (χ3v) is 6.60. The van der Waals surface area contributed by atoms with Gasteiger partial charge in [0.05, 0.1) is 28.1 Å². The second kappa shape index (κ2) is 9.49. The van der Waals surface area contributed by atoms with Gasteiger partial charge < -0.3 is 9.64 Å². The molecule has 160 valence electrons. The number of nitrogens with one attached hydrogen (secondary N) is 1. The first-order chi connectivity index (χ1) is 14.3. The molecule has 1 N–H and O–H groups in total. The van der Waals surface area contributed by atoms with Crippen LogP contribution in [-0.2, 0) is 19.6 Å². The fourth-order valence-electron chi connectivity index (χ4n) is 3.30. The zero-order valence-corrected chi connectivity index (χ0v) is 18.1. The van der Waals surface area contributed by atoms with Crippen molar-refractivity contribution in [3.8, 4) is 0 Å². The molecule has 1 heterocycles. The van der Waals surface area contributed by atoms with E-state index >= 15 is 0 Å². The summed E-state index contributed by atoms with van der Waals surface area (Å²) in [5.74, 6) is -0.712. The third-order valence-electron chi connectivity index (χ3n) is 4.91. The van der Waals surface area contributed by atoms with Gasteiger partial charge in [-0.2, -0.15) is 0 Å². The molecule has 0 aromatic heterocycles. The Bertz CT molecular complexity index is 1030. The number of nitrogens with zero attached hydrogens (tertiary/aromatic N) is 1. The van der Waals surface area contributed by atoms with Crippen molar-refractivity contribution in [2.24, 2.45) is 5.92 Å². The minimum absolute atomic E-state index is 0.0327. The second-order valence-electron chi connectivity index (χ2n) is 6.93. The van der Waals surface area contributed by atoms with Gasteiger partial charge in [-0.05, 0) is 50.1 Å². The number of carbonyl (C=O) groups excluding carboxylic acids is 2. The Morgan fingerprint density at radius 1 is 1.13 bits per heavy atom. The van der Waals surface area contributed by atoms with E-state index < -0.39 is 10.0 Å². The lowest BCUT2D eigenvalue weighted by atomic mass is 9.96. The molecule has 3 rings (SSSR count). The van der Waals surface area contributed by atoms with E-state index in [-0.39, 0.29) is 39.0 Å².